The molecule has 1 aromatic carbocycles. The molecule has 0 spiro atoms. The van der Waals surface area contributed by atoms with E-state index in [0.29, 0.717) is 6.54 Å². The first kappa shape index (κ1) is 8.33. The first-order chi connectivity index (χ1) is 6.31. The van der Waals surface area contributed by atoms with Crippen LogP contribution in [0.1, 0.15) is 5.56 Å². The fourth-order valence-corrected chi connectivity index (χ4v) is 1.73. The first-order valence-corrected chi connectivity index (χ1v) is 4.69. The average Bonchev–Trinajstić information content (AvgIpc) is 2.49. The van der Waals surface area contributed by atoms with Gasteiger partial charge in [0.25, 0.3) is 0 Å². The highest BCUT2D eigenvalue weighted by atomic mass is 79.9. The van der Waals surface area contributed by atoms with Crippen LogP contribution < -0.4 is 0 Å². The SMILES string of the molecule is [C-]#[N+]Cc1c[nH]c2ccc(Br)cc12. The molecule has 0 saturated carbocycles. The predicted octanol–water partition coefficient (Wildman–Crippen LogP) is 3.35. The number of aromatic nitrogens is 1. The molecule has 0 amide bonds. The van der Waals surface area contributed by atoms with Gasteiger partial charge in [0.05, 0.1) is 5.56 Å². The number of nitrogens with zero attached hydrogens (tertiary/aromatic N) is 1. The fraction of sp³-hybridized carbons (Fsp3) is 0.100. The van der Waals surface area contributed by atoms with Gasteiger partial charge < -0.3 is 9.83 Å². The molecule has 0 aliphatic heterocycles. The number of benzene rings is 1. The maximum Gasteiger partial charge on any atom is 0.241 e. The third kappa shape index (κ3) is 1.45. The number of hydrogen-bond acceptors (Lipinski definition) is 0. The van der Waals surface area contributed by atoms with Crippen molar-refractivity contribution in [2.24, 2.45) is 0 Å². The zero-order valence-corrected chi connectivity index (χ0v) is 8.43. The van der Waals surface area contributed by atoms with Gasteiger partial charge in [0.2, 0.25) is 6.54 Å². The van der Waals surface area contributed by atoms with Crippen molar-refractivity contribution in [2.45, 2.75) is 6.54 Å². The van der Waals surface area contributed by atoms with Crippen LogP contribution in [0.3, 0.4) is 0 Å². The molecule has 0 aliphatic carbocycles. The maximum atomic E-state index is 6.81. The molecule has 0 saturated heterocycles. The average molecular weight is 235 g/mol. The van der Waals surface area contributed by atoms with E-state index in [1.165, 1.54) is 0 Å². The lowest BCUT2D eigenvalue weighted by Crippen LogP contribution is -1.74. The summed E-state index contributed by atoms with van der Waals surface area (Å²) in [4.78, 5) is 6.51. The molecule has 3 heteroatoms. The van der Waals surface area contributed by atoms with E-state index in [2.05, 4.69) is 25.8 Å². The van der Waals surface area contributed by atoms with Crippen molar-refractivity contribution in [2.75, 3.05) is 0 Å². The van der Waals surface area contributed by atoms with Gasteiger partial charge in [0.1, 0.15) is 0 Å². The van der Waals surface area contributed by atoms with Gasteiger partial charge in [-0.15, -0.1) is 0 Å². The standard InChI is InChI=1S/C10H7BrN2/c1-12-5-7-6-13-10-3-2-8(11)4-9(7)10/h2-4,6,13H,5H2. The Morgan fingerprint density at radius 3 is 3.08 bits per heavy atom. The van der Waals surface area contributed by atoms with Crippen LogP contribution in [0.5, 0.6) is 0 Å². The second-order valence-corrected chi connectivity index (χ2v) is 3.74. The number of rotatable bonds is 1. The molecule has 2 aromatic rings. The normalized spacial score (nSPS) is 10.2. The molecule has 64 valence electrons. The molecule has 13 heavy (non-hydrogen) atoms. The summed E-state index contributed by atoms with van der Waals surface area (Å²) in [6.07, 6.45) is 1.90. The van der Waals surface area contributed by atoms with Gasteiger partial charge in [0, 0.05) is 21.6 Å². The summed E-state index contributed by atoms with van der Waals surface area (Å²) in [6.45, 7) is 7.25. The zero-order valence-electron chi connectivity index (χ0n) is 6.84. The van der Waals surface area contributed by atoms with Gasteiger partial charge in [-0.05, 0) is 18.2 Å². The Morgan fingerprint density at radius 2 is 2.31 bits per heavy atom. The lowest BCUT2D eigenvalue weighted by molar-refractivity contribution is 1.28. The molecule has 0 aliphatic rings. The monoisotopic (exact) mass is 234 g/mol. The molecule has 0 bridgehead atoms. The van der Waals surface area contributed by atoms with E-state index < -0.39 is 0 Å². The Labute approximate surface area is 84.5 Å². The van der Waals surface area contributed by atoms with E-state index in [4.69, 9.17) is 6.57 Å². The van der Waals surface area contributed by atoms with E-state index in [-0.39, 0.29) is 0 Å². The van der Waals surface area contributed by atoms with Gasteiger partial charge in [-0.1, -0.05) is 15.9 Å². The van der Waals surface area contributed by atoms with Crippen LogP contribution in [0.15, 0.2) is 28.9 Å². The summed E-state index contributed by atoms with van der Waals surface area (Å²) in [7, 11) is 0. The summed E-state index contributed by atoms with van der Waals surface area (Å²) < 4.78 is 1.05. The van der Waals surface area contributed by atoms with E-state index in [1.54, 1.807) is 0 Å². The Kier molecular flexibility index (Phi) is 2.07. The van der Waals surface area contributed by atoms with E-state index >= 15 is 0 Å². The van der Waals surface area contributed by atoms with Crippen LogP contribution in [-0.4, -0.2) is 4.98 Å². The van der Waals surface area contributed by atoms with Gasteiger partial charge >= 0.3 is 0 Å². The topological polar surface area (TPSA) is 20.1 Å². The van der Waals surface area contributed by atoms with Crippen molar-refractivity contribution in [1.82, 2.24) is 4.98 Å². The summed E-state index contributed by atoms with van der Waals surface area (Å²) in [5.74, 6) is 0. The van der Waals surface area contributed by atoms with E-state index in [0.717, 1.165) is 20.9 Å². The maximum absolute atomic E-state index is 6.81. The van der Waals surface area contributed by atoms with Crippen LogP contribution in [0.25, 0.3) is 15.7 Å². The summed E-state index contributed by atoms with van der Waals surface area (Å²) >= 11 is 3.41. The third-order valence-electron chi connectivity index (χ3n) is 1.98. The Hall–Kier alpha value is -1.27. The molecular formula is C10H7BrN2. The molecule has 2 rings (SSSR count). The van der Waals surface area contributed by atoms with Crippen molar-refractivity contribution in [3.63, 3.8) is 0 Å². The van der Waals surface area contributed by atoms with Crippen molar-refractivity contribution >= 4 is 26.8 Å². The molecule has 0 fully saturated rings. The van der Waals surface area contributed by atoms with E-state index in [1.807, 2.05) is 24.4 Å². The van der Waals surface area contributed by atoms with Crippen molar-refractivity contribution in [3.05, 3.63) is 45.8 Å². The van der Waals surface area contributed by atoms with Crippen LogP contribution in [0.4, 0.5) is 0 Å². The minimum absolute atomic E-state index is 0.441. The van der Waals surface area contributed by atoms with Crippen LogP contribution in [0, 0.1) is 6.57 Å². The predicted molar refractivity (Wildman–Crippen MR) is 56.3 cm³/mol. The minimum atomic E-state index is 0.441. The van der Waals surface area contributed by atoms with Crippen molar-refractivity contribution in [1.29, 1.82) is 0 Å². The number of nitrogens with one attached hydrogen (secondary N) is 1. The Morgan fingerprint density at radius 1 is 1.46 bits per heavy atom. The molecular weight excluding hydrogens is 228 g/mol. The van der Waals surface area contributed by atoms with Gasteiger partial charge in [-0.25, -0.2) is 6.57 Å². The second kappa shape index (κ2) is 3.23. The highest BCUT2D eigenvalue weighted by Crippen LogP contribution is 2.22. The van der Waals surface area contributed by atoms with Gasteiger partial charge in [-0.2, -0.15) is 0 Å². The molecule has 1 N–H and O–H groups in total. The number of halogens is 1. The van der Waals surface area contributed by atoms with Crippen LogP contribution in [-0.2, 0) is 6.54 Å². The number of aromatic amines is 1. The lowest BCUT2D eigenvalue weighted by Gasteiger charge is -1.92. The summed E-state index contributed by atoms with van der Waals surface area (Å²) in [5.41, 5.74) is 2.15. The third-order valence-corrected chi connectivity index (χ3v) is 2.47. The van der Waals surface area contributed by atoms with Crippen LogP contribution in [0.2, 0.25) is 0 Å². The van der Waals surface area contributed by atoms with Gasteiger partial charge in [0.15, 0.2) is 0 Å². The Balaban J connectivity index is 2.66. The smallest absolute Gasteiger partial charge is 0.241 e. The van der Waals surface area contributed by atoms with Crippen molar-refractivity contribution in [3.8, 4) is 0 Å². The molecule has 0 radical (unpaired) electrons. The molecule has 0 atom stereocenters. The van der Waals surface area contributed by atoms with Crippen LogP contribution >= 0.6 is 15.9 Å². The molecule has 0 unspecified atom stereocenters. The number of fused-ring (bicyclic) bond motifs is 1. The highest BCUT2D eigenvalue weighted by molar-refractivity contribution is 9.10. The number of H-pyrrole nitrogens is 1. The summed E-state index contributed by atoms with van der Waals surface area (Å²) in [5, 5.41) is 1.13. The number of hydrogen-bond donors (Lipinski definition) is 1. The summed E-state index contributed by atoms with van der Waals surface area (Å²) in [6, 6.07) is 6.03. The highest BCUT2D eigenvalue weighted by Gasteiger charge is 2.04. The largest absolute Gasteiger partial charge is 0.361 e. The van der Waals surface area contributed by atoms with Crippen molar-refractivity contribution < 1.29 is 0 Å². The molecule has 1 aromatic heterocycles. The zero-order chi connectivity index (χ0) is 9.26. The first-order valence-electron chi connectivity index (χ1n) is 3.90. The second-order valence-electron chi connectivity index (χ2n) is 2.82. The lowest BCUT2D eigenvalue weighted by atomic mass is 10.2. The minimum Gasteiger partial charge on any atom is -0.361 e. The molecule has 2 nitrogen and oxygen atoms in total. The quantitative estimate of drug-likeness (QED) is 0.731. The van der Waals surface area contributed by atoms with E-state index in [9.17, 15) is 0 Å². The molecule has 1 heterocycles. The van der Waals surface area contributed by atoms with Gasteiger partial charge in [-0.3, -0.25) is 0 Å². The Bertz CT molecular complexity index is 479. The fourth-order valence-electron chi connectivity index (χ4n) is 1.37.